The summed E-state index contributed by atoms with van der Waals surface area (Å²) >= 11 is 0. The second-order valence-corrected chi connectivity index (χ2v) is 7.19. The first-order valence-corrected chi connectivity index (χ1v) is 9.80. The molecule has 0 aliphatic carbocycles. The second kappa shape index (κ2) is 8.85. The Morgan fingerprint density at radius 2 is 1.82 bits per heavy atom. The van der Waals surface area contributed by atoms with Crippen molar-refractivity contribution >= 4 is 11.6 Å². The number of aromatic nitrogens is 2. The third kappa shape index (κ3) is 4.67. The van der Waals surface area contributed by atoms with Gasteiger partial charge in [-0.1, -0.05) is 24.3 Å². The van der Waals surface area contributed by atoms with E-state index in [0.29, 0.717) is 5.92 Å². The molecule has 5 nitrogen and oxygen atoms in total. The van der Waals surface area contributed by atoms with Gasteiger partial charge in [0, 0.05) is 24.4 Å². The fourth-order valence-corrected chi connectivity index (χ4v) is 3.73. The van der Waals surface area contributed by atoms with Gasteiger partial charge in [-0.15, -0.1) is 0 Å². The highest BCUT2D eigenvalue weighted by molar-refractivity contribution is 5.51. The van der Waals surface area contributed by atoms with E-state index in [1.165, 1.54) is 11.3 Å². The van der Waals surface area contributed by atoms with Gasteiger partial charge in [-0.3, -0.25) is 4.90 Å². The van der Waals surface area contributed by atoms with Gasteiger partial charge < -0.3 is 10.1 Å². The van der Waals surface area contributed by atoms with E-state index in [-0.39, 0.29) is 0 Å². The van der Waals surface area contributed by atoms with Gasteiger partial charge in [0.15, 0.2) is 0 Å². The topological polar surface area (TPSA) is 50.3 Å². The quantitative estimate of drug-likeness (QED) is 0.683. The fraction of sp³-hybridized carbons (Fsp3) is 0.304. The maximum atomic E-state index is 5.34. The molecular formula is C23H26N4O. The first kappa shape index (κ1) is 18.4. The fourth-order valence-electron chi connectivity index (χ4n) is 3.73. The lowest BCUT2D eigenvalue weighted by Gasteiger charge is -2.31. The van der Waals surface area contributed by atoms with Crippen molar-refractivity contribution in [3.63, 3.8) is 0 Å². The predicted molar refractivity (Wildman–Crippen MR) is 112 cm³/mol. The number of nitrogens with one attached hydrogen (secondary N) is 1. The SMILES string of the molecule is COc1cccc(CN2CCC(c3cccc(Nc4ccccn4)n3)CC2)c1. The molecule has 4 rings (SSSR count). The lowest BCUT2D eigenvalue weighted by molar-refractivity contribution is 0.203. The van der Waals surface area contributed by atoms with Gasteiger partial charge in [-0.2, -0.15) is 0 Å². The third-order valence-electron chi connectivity index (χ3n) is 5.24. The van der Waals surface area contributed by atoms with Crippen molar-refractivity contribution in [2.45, 2.75) is 25.3 Å². The normalized spacial score (nSPS) is 15.3. The minimum Gasteiger partial charge on any atom is -0.497 e. The van der Waals surface area contributed by atoms with Crippen molar-refractivity contribution in [1.29, 1.82) is 0 Å². The first-order valence-electron chi connectivity index (χ1n) is 9.80. The summed E-state index contributed by atoms with van der Waals surface area (Å²) in [5, 5.41) is 3.29. The number of methoxy groups -OCH3 is 1. The minimum atomic E-state index is 0.507. The highest BCUT2D eigenvalue weighted by atomic mass is 16.5. The number of nitrogens with zero attached hydrogens (tertiary/aromatic N) is 3. The minimum absolute atomic E-state index is 0.507. The van der Waals surface area contributed by atoms with Crippen LogP contribution in [0.5, 0.6) is 5.75 Å². The summed E-state index contributed by atoms with van der Waals surface area (Å²) in [7, 11) is 1.72. The Morgan fingerprint density at radius 1 is 1.00 bits per heavy atom. The van der Waals surface area contributed by atoms with Gasteiger partial charge >= 0.3 is 0 Å². The number of hydrogen-bond donors (Lipinski definition) is 1. The number of pyridine rings is 2. The summed E-state index contributed by atoms with van der Waals surface area (Å²) in [5.74, 6) is 3.11. The van der Waals surface area contributed by atoms with Crippen LogP contribution in [0.15, 0.2) is 66.9 Å². The van der Waals surface area contributed by atoms with E-state index in [1.807, 2.05) is 30.3 Å². The Balaban J connectivity index is 1.35. The summed E-state index contributed by atoms with van der Waals surface area (Å²) in [6.45, 7) is 3.14. The average molecular weight is 374 g/mol. The molecule has 1 aliphatic heterocycles. The van der Waals surface area contributed by atoms with Crippen molar-refractivity contribution in [3.05, 3.63) is 78.1 Å². The Kier molecular flexibility index (Phi) is 5.83. The zero-order valence-corrected chi connectivity index (χ0v) is 16.2. The summed E-state index contributed by atoms with van der Waals surface area (Å²) in [6, 6.07) is 20.4. The van der Waals surface area contributed by atoms with Crippen LogP contribution in [0, 0.1) is 0 Å². The number of benzene rings is 1. The van der Waals surface area contributed by atoms with E-state index in [1.54, 1.807) is 13.3 Å². The van der Waals surface area contributed by atoms with Crippen LogP contribution in [0.2, 0.25) is 0 Å². The molecule has 0 saturated carbocycles. The van der Waals surface area contributed by atoms with E-state index in [2.05, 4.69) is 45.5 Å². The summed E-state index contributed by atoms with van der Waals surface area (Å²) < 4.78 is 5.34. The van der Waals surface area contributed by atoms with Gasteiger partial charge in [-0.25, -0.2) is 9.97 Å². The first-order chi connectivity index (χ1) is 13.8. The zero-order chi connectivity index (χ0) is 19.2. The Bertz CT molecular complexity index is 892. The molecule has 3 aromatic rings. The maximum Gasteiger partial charge on any atom is 0.131 e. The second-order valence-electron chi connectivity index (χ2n) is 7.19. The van der Waals surface area contributed by atoms with Gasteiger partial charge in [0.05, 0.1) is 7.11 Å². The molecule has 2 aromatic heterocycles. The molecule has 0 radical (unpaired) electrons. The molecule has 144 valence electrons. The lowest BCUT2D eigenvalue weighted by Crippen LogP contribution is -2.32. The number of hydrogen-bond acceptors (Lipinski definition) is 5. The van der Waals surface area contributed by atoms with E-state index in [9.17, 15) is 0 Å². The van der Waals surface area contributed by atoms with Gasteiger partial charge in [0.25, 0.3) is 0 Å². The molecule has 3 heterocycles. The molecule has 5 heteroatoms. The van der Waals surface area contributed by atoms with E-state index >= 15 is 0 Å². The van der Waals surface area contributed by atoms with Crippen LogP contribution in [0.1, 0.15) is 30.0 Å². The highest BCUT2D eigenvalue weighted by Gasteiger charge is 2.22. The Morgan fingerprint density at radius 3 is 2.61 bits per heavy atom. The highest BCUT2D eigenvalue weighted by Crippen LogP contribution is 2.29. The third-order valence-corrected chi connectivity index (χ3v) is 5.24. The molecular weight excluding hydrogens is 348 g/mol. The molecule has 0 spiro atoms. The van der Waals surface area contributed by atoms with Crippen molar-refractivity contribution in [2.24, 2.45) is 0 Å². The number of anilines is 2. The van der Waals surface area contributed by atoms with Crippen LogP contribution in [0.25, 0.3) is 0 Å². The van der Waals surface area contributed by atoms with Crippen LogP contribution in [0.3, 0.4) is 0 Å². The van der Waals surface area contributed by atoms with Crippen LogP contribution in [-0.4, -0.2) is 35.1 Å². The smallest absolute Gasteiger partial charge is 0.131 e. The molecule has 28 heavy (non-hydrogen) atoms. The number of rotatable bonds is 6. The Hall–Kier alpha value is -2.92. The molecule has 0 unspecified atom stereocenters. The monoisotopic (exact) mass is 374 g/mol. The van der Waals surface area contributed by atoms with Crippen molar-refractivity contribution in [3.8, 4) is 5.75 Å². The van der Waals surface area contributed by atoms with Gasteiger partial charge in [-0.05, 0) is 67.9 Å². The van der Waals surface area contributed by atoms with Crippen molar-refractivity contribution in [1.82, 2.24) is 14.9 Å². The lowest BCUT2D eigenvalue weighted by atomic mass is 9.93. The summed E-state index contributed by atoms with van der Waals surface area (Å²) in [6.07, 6.45) is 4.04. The van der Waals surface area contributed by atoms with E-state index < -0.39 is 0 Å². The average Bonchev–Trinajstić information content (AvgIpc) is 2.75. The number of ether oxygens (including phenoxy) is 1. The van der Waals surface area contributed by atoms with Gasteiger partial charge in [0.2, 0.25) is 0 Å². The molecule has 1 fully saturated rings. The summed E-state index contributed by atoms with van der Waals surface area (Å²) in [4.78, 5) is 11.7. The van der Waals surface area contributed by atoms with Crippen molar-refractivity contribution in [2.75, 3.05) is 25.5 Å². The largest absolute Gasteiger partial charge is 0.497 e. The van der Waals surface area contributed by atoms with Crippen LogP contribution >= 0.6 is 0 Å². The maximum absolute atomic E-state index is 5.34. The molecule has 0 bridgehead atoms. The number of piperidine rings is 1. The van der Waals surface area contributed by atoms with Crippen LogP contribution < -0.4 is 10.1 Å². The molecule has 1 saturated heterocycles. The molecule has 0 atom stereocenters. The molecule has 1 aromatic carbocycles. The molecule has 0 amide bonds. The number of likely N-dealkylation sites (tertiary alicyclic amines) is 1. The Labute approximate surface area is 166 Å². The molecule has 1 aliphatic rings. The standard InChI is InChI=1S/C23H26N4O/c1-28-20-7-4-6-18(16-20)17-27-14-11-19(12-15-27)21-8-5-10-23(25-21)26-22-9-2-3-13-24-22/h2-10,13,16,19H,11-12,14-15,17H2,1H3,(H,24,25,26). The van der Waals surface area contributed by atoms with Gasteiger partial charge in [0.1, 0.15) is 17.4 Å². The summed E-state index contributed by atoms with van der Waals surface area (Å²) in [5.41, 5.74) is 2.47. The van der Waals surface area contributed by atoms with Crippen LogP contribution in [0.4, 0.5) is 11.6 Å². The molecule has 1 N–H and O–H groups in total. The van der Waals surface area contributed by atoms with Crippen LogP contribution in [-0.2, 0) is 6.54 Å². The van der Waals surface area contributed by atoms with E-state index in [4.69, 9.17) is 9.72 Å². The van der Waals surface area contributed by atoms with Crippen molar-refractivity contribution < 1.29 is 4.74 Å². The zero-order valence-electron chi connectivity index (χ0n) is 16.2. The predicted octanol–water partition coefficient (Wildman–Crippen LogP) is 4.61. The van der Waals surface area contributed by atoms with E-state index in [0.717, 1.165) is 49.9 Å².